The normalized spacial score (nSPS) is 14.2. The number of carbonyl (C=O) groups is 4. The van der Waals surface area contributed by atoms with Gasteiger partial charge in [-0.1, -0.05) is 36.4 Å². The Labute approximate surface area is 214 Å². The summed E-state index contributed by atoms with van der Waals surface area (Å²) >= 11 is 0. The first kappa shape index (κ1) is 25.4. The van der Waals surface area contributed by atoms with Gasteiger partial charge >= 0.3 is 11.9 Å². The Morgan fingerprint density at radius 1 is 0.865 bits per heavy atom. The van der Waals surface area contributed by atoms with Crippen molar-refractivity contribution in [3.63, 3.8) is 0 Å². The quantitative estimate of drug-likeness (QED) is 0.367. The number of anilines is 2. The Morgan fingerprint density at radius 2 is 1.49 bits per heavy atom. The van der Waals surface area contributed by atoms with E-state index in [1.165, 1.54) is 25.1 Å². The van der Waals surface area contributed by atoms with Crippen molar-refractivity contribution in [2.75, 3.05) is 10.2 Å². The summed E-state index contributed by atoms with van der Waals surface area (Å²) < 4.78 is 5.42. The summed E-state index contributed by atoms with van der Waals surface area (Å²) in [6.45, 7) is 6.63. The summed E-state index contributed by atoms with van der Waals surface area (Å²) in [6.07, 6.45) is 0. The first-order valence-electron chi connectivity index (χ1n) is 11.6. The minimum Gasteiger partial charge on any atom is -0.478 e. The maximum Gasteiger partial charge on any atom is 0.338 e. The number of ether oxygens (including phenoxy) is 1. The van der Waals surface area contributed by atoms with E-state index >= 15 is 0 Å². The molecule has 37 heavy (non-hydrogen) atoms. The van der Waals surface area contributed by atoms with Gasteiger partial charge in [0, 0.05) is 18.2 Å². The number of fused-ring (bicyclic) bond motifs is 1. The highest BCUT2D eigenvalue weighted by atomic mass is 16.6. The molecule has 2 amide bonds. The minimum absolute atomic E-state index is 0.0361. The molecule has 188 valence electrons. The first-order chi connectivity index (χ1) is 17.5. The number of nitrogens with zero attached hydrogens (tertiary/aromatic N) is 1. The number of nitrogens with one attached hydrogen (secondary N) is 1. The second kappa shape index (κ2) is 9.73. The van der Waals surface area contributed by atoms with E-state index in [0.717, 1.165) is 4.90 Å². The van der Waals surface area contributed by atoms with Crippen LogP contribution in [0.1, 0.15) is 59.5 Å². The summed E-state index contributed by atoms with van der Waals surface area (Å²) in [6, 6.07) is 20.0. The van der Waals surface area contributed by atoms with E-state index in [2.05, 4.69) is 5.32 Å². The molecule has 3 aromatic carbocycles. The topological polar surface area (TPSA) is 113 Å². The summed E-state index contributed by atoms with van der Waals surface area (Å²) in [5, 5.41) is 12.7. The molecule has 0 aliphatic carbocycles. The zero-order valence-corrected chi connectivity index (χ0v) is 20.9. The van der Waals surface area contributed by atoms with Crippen molar-refractivity contribution in [3.05, 3.63) is 95.1 Å². The van der Waals surface area contributed by atoms with E-state index in [1.54, 1.807) is 45.0 Å². The molecule has 1 aliphatic heterocycles. The molecule has 8 heteroatoms. The number of imide groups is 1. The van der Waals surface area contributed by atoms with Crippen LogP contribution in [-0.2, 0) is 14.3 Å². The maximum atomic E-state index is 13.6. The monoisotopic (exact) mass is 498 g/mol. The highest BCUT2D eigenvalue weighted by molar-refractivity contribution is 6.43. The molecule has 8 nitrogen and oxygen atoms in total. The van der Waals surface area contributed by atoms with Crippen molar-refractivity contribution in [3.8, 4) is 0 Å². The van der Waals surface area contributed by atoms with Crippen molar-refractivity contribution in [1.29, 1.82) is 0 Å². The van der Waals surface area contributed by atoms with E-state index < -0.39 is 29.4 Å². The molecule has 0 aromatic heterocycles. The average molecular weight is 499 g/mol. The third kappa shape index (κ3) is 5.28. The number of rotatable bonds is 5. The molecule has 0 radical (unpaired) electrons. The van der Waals surface area contributed by atoms with Gasteiger partial charge < -0.3 is 15.2 Å². The van der Waals surface area contributed by atoms with Crippen molar-refractivity contribution in [1.82, 2.24) is 0 Å². The van der Waals surface area contributed by atoms with E-state index in [-0.39, 0.29) is 16.8 Å². The summed E-state index contributed by atoms with van der Waals surface area (Å²) in [5.41, 5.74) is 2.29. The zero-order chi connectivity index (χ0) is 26.9. The van der Waals surface area contributed by atoms with Crippen LogP contribution in [0.25, 0.3) is 11.3 Å². The number of carbonyl (C=O) groups excluding carboxylic acids is 3. The Morgan fingerprint density at radius 3 is 2.05 bits per heavy atom. The molecule has 1 aliphatic rings. The van der Waals surface area contributed by atoms with Gasteiger partial charge in [-0.25, -0.2) is 14.5 Å². The lowest BCUT2D eigenvalue weighted by Gasteiger charge is -2.19. The van der Waals surface area contributed by atoms with Crippen LogP contribution in [0.2, 0.25) is 0 Å². The predicted molar refractivity (Wildman–Crippen MR) is 140 cm³/mol. The van der Waals surface area contributed by atoms with Crippen molar-refractivity contribution in [2.45, 2.75) is 33.3 Å². The van der Waals surface area contributed by atoms with E-state index in [4.69, 9.17) is 4.74 Å². The fraction of sp³-hybridized carbons (Fsp3) is 0.172. The van der Waals surface area contributed by atoms with Crippen LogP contribution in [0.5, 0.6) is 0 Å². The standard InChI is InChI=1S/C29H26N2O6/c1-17(32)31-23-16-20(27(34)35)12-15-22(23)24(26(31)33)25(18-8-6-5-7-9-18)30-21-13-10-19(11-14-21)28(36)37-29(2,3)4/h5-16,30H,1-4H3,(H,34,35)/b25-24+. The molecule has 3 aromatic rings. The molecular weight excluding hydrogens is 472 g/mol. The van der Waals surface area contributed by atoms with Gasteiger partial charge in [0.2, 0.25) is 5.91 Å². The number of esters is 1. The molecule has 4 rings (SSSR count). The lowest BCUT2D eigenvalue weighted by atomic mass is 9.99. The molecule has 0 saturated heterocycles. The van der Waals surface area contributed by atoms with E-state index in [0.29, 0.717) is 28.1 Å². The Balaban J connectivity index is 1.82. The number of aromatic carboxylic acids is 1. The average Bonchev–Trinajstić information content (AvgIpc) is 3.13. The number of carboxylic acid groups (broad SMARTS) is 1. The van der Waals surface area contributed by atoms with Crippen molar-refractivity contribution >= 4 is 46.4 Å². The highest BCUT2D eigenvalue weighted by Gasteiger charge is 2.38. The molecule has 0 fully saturated rings. The third-order valence-electron chi connectivity index (χ3n) is 5.59. The second-order valence-corrected chi connectivity index (χ2v) is 9.52. The van der Waals surface area contributed by atoms with Gasteiger partial charge in [-0.2, -0.15) is 0 Å². The third-order valence-corrected chi connectivity index (χ3v) is 5.59. The SMILES string of the molecule is CC(=O)N1C(=O)/C(=C(/Nc2ccc(C(=O)OC(C)(C)C)cc2)c2ccccc2)c2ccc(C(=O)O)cc21. The summed E-state index contributed by atoms with van der Waals surface area (Å²) in [7, 11) is 0. The Bertz CT molecular complexity index is 1430. The number of amides is 2. The molecule has 0 saturated carbocycles. The van der Waals surface area contributed by atoms with E-state index in [1.807, 2.05) is 30.3 Å². The molecule has 0 unspecified atom stereocenters. The fourth-order valence-electron chi connectivity index (χ4n) is 4.01. The van der Waals surface area contributed by atoms with Crippen LogP contribution < -0.4 is 10.2 Å². The molecule has 0 atom stereocenters. The molecular formula is C29H26N2O6. The zero-order valence-electron chi connectivity index (χ0n) is 20.9. The summed E-state index contributed by atoms with van der Waals surface area (Å²) in [4.78, 5) is 50.9. The number of benzene rings is 3. The second-order valence-electron chi connectivity index (χ2n) is 9.52. The molecule has 0 spiro atoms. The summed E-state index contributed by atoms with van der Waals surface area (Å²) in [5.74, 6) is -2.71. The number of hydrogen-bond donors (Lipinski definition) is 2. The largest absolute Gasteiger partial charge is 0.478 e. The molecule has 0 bridgehead atoms. The van der Waals surface area contributed by atoms with Gasteiger partial charge in [0.1, 0.15) is 5.60 Å². The smallest absolute Gasteiger partial charge is 0.338 e. The van der Waals surface area contributed by atoms with Crippen LogP contribution in [0, 0.1) is 0 Å². The van der Waals surface area contributed by atoms with Gasteiger partial charge in [0.25, 0.3) is 5.91 Å². The van der Waals surface area contributed by atoms with Gasteiger partial charge in [-0.05, 0) is 62.7 Å². The highest BCUT2D eigenvalue weighted by Crippen LogP contribution is 2.41. The first-order valence-corrected chi connectivity index (χ1v) is 11.6. The van der Waals surface area contributed by atoms with Crippen LogP contribution in [0.15, 0.2) is 72.8 Å². The lowest BCUT2D eigenvalue weighted by Crippen LogP contribution is -2.31. The number of hydrogen-bond acceptors (Lipinski definition) is 6. The number of carboxylic acids is 1. The molecule has 2 N–H and O–H groups in total. The van der Waals surface area contributed by atoms with Crippen molar-refractivity contribution in [2.24, 2.45) is 0 Å². The van der Waals surface area contributed by atoms with Gasteiger partial charge in [0.15, 0.2) is 0 Å². The van der Waals surface area contributed by atoms with Gasteiger partial charge in [0.05, 0.1) is 28.1 Å². The van der Waals surface area contributed by atoms with Crippen LogP contribution in [0.4, 0.5) is 11.4 Å². The lowest BCUT2D eigenvalue weighted by molar-refractivity contribution is -0.122. The van der Waals surface area contributed by atoms with Gasteiger partial charge in [-0.15, -0.1) is 0 Å². The predicted octanol–water partition coefficient (Wildman–Crippen LogP) is 5.21. The molecule has 1 heterocycles. The van der Waals surface area contributed by atoms with Gasteiger partial charge in [-0.3, -0.25) is 9.59 Å². The Hall–Kier alpha value is -4.72. The van der Waals surface area contributed by atoms with Crippen LogP contribution in [0.3, 0.4) is 0 Å². The Kier molecular flexibility index (Phi) is 6.68. The van der Waals surface area contributed by atoms with E-state index in [9.17, 15) is 24.3 Å². The maximum absolute atomic E-state index is 13.6. The minimum atomic E-state index is -1.16. The van der Waals surface area contributed by atoms with Crippen molar-refractivity contribution < 1.29 is 29.0 Å². The van der Waals surface area contributed by atoms with Crippen LogP contribution in [-0.4, -0.2) is 34.5 Å². The van der Waals surface area contributed by atoms with Crippen LogP contribution >= 0.6 is 0 Å². The fourth-order valence-corrected chi connectivity index (χ4v) is 4.01.